The number of rotatable bonds is 5. The van der Waals surface area contributed by atoms with E-state index in [0.717, 1.165) is 22.2 Å². The zero-order valence-electron chi connectivity index (χ0n) is 18.2. The third-order valence-electron chi connectivity index (χ3n) is 4.41. The lowest BCUT2D eigenvalue weighted by molar-refractivity contribution is -0.127. The summed E-state index contributed by atoms with van der Waals surface area (Å²) >= 11 is 0. The molecule has 3 rings (SSSR count). The van der Waals surface area contributed by atoms with Crippen LogP contribution in [0.3, 0.4) is 0 Å². The minimum absolute atomic E-state index is 0.476. The molecule has 2 N–H and O–H groups in total. The number of nitrogens with zero attached hydrogens (tertiary/aromatic N) is 2. The lowest BCUT2D eigenvalue weighted by Crippen LogP contribution is -2.49. The molecule has 0 spiro atoms. The second kappa shape index (κ2) is 8.59. The molecule has 1 unspecified atom stereocenters. The van der Waals surface area contributed by atoms with E-state index < -0.39 is 29.4 Å². The predicted octanol–water partition coefficient (Wildman–Crippen LogP) is 3.75. The van der Waals surface area contributed by atoms with Crippen molar-refractivity contribution >= 4 is 34.4 Å². The molecular weight excluding hydrogens is 396 g/mol. The van der Waals surface area contributed by atoms with E-state index in [4.69, 9.17) is 4.74 Å². The Morgan fingerprint density at radius 3 is 2.48 bits per heavy atom. The molecule has 0 saturated heterocycles. The Morgan fingerprint density at radius 2 is 1.84 bits per heavy atom. The SMILES string of the molecule is CC(=O)C(NC(=O)OC(C)(C)C)C(=O)Nc1ccc2cnn(-c3cccc(C)c3)c2c1. The van der Waals surface area contributed by atoms with E-state index in [0.29, 0.717) is 5.69 Å². The first-order chi connectivity index (χ1) is 14.5. The van der Waals surface area contributed by atoms with Gasteiger partial charge in [0.25, 0.3) is 5.91 Å². The molecule has 2 aromatic carbocycles. The molecule has 1 heterocycles. The number of Topliss-reactive ketones (excluding diaryl/α,β-unsaturated/α-hetero) is 1. The van der Waals surface area contributed by atoms with E-state index in [1.807, 2.05) is 37.3 Å². The highest BCUT2D eigenvalue weighted by Crippen LogP contribution is 2.23. The lowest BCUT2D eigenvalue weighted by Gasteiger charge is -2.22. The van der Waals surface area contributed by atoms with E-state index in [9.17, 15) is 14.4 Å². The number of aromatic nitrogens is 2. The van der Waals surface area contributed by atoms with Crippen molar-refractivity contribution in [1.29, 1.82) is 0 Å². The second-order valence-electron chi connectivity index (χ2n) is 8.35. The van der Waals surface area contributed by atoms with E-state index in [-0.39, 0.29) is 0 Å². The maximum absolute atomic E-state index is 12.7. The fourth-order valence-electron chi connectivity index (χ4n) is 3.05. The van der Waals surface area contributed by atoms with Crippen molar-refractivity contribution in [3.8, 4) is 5.69 Å². The third-order valence-corrected chi connectivity index (χ3v) is 4.41. The molecule has 8 heteroatoms. The van der Waals surface area contributed by atoms with Crippen molar-refractivity contribution in [1.82, 2.24) is 15.1 Å². The summed E-state index contributed by atoms with van der Waals surface area (Å²) in [6.45, 7) is 8.32. The normalized spacial score (nSPS) is 12.3. The van der Waals surface area contributed by atoms with Gasteiger partial charge in [-0.05, 0) is 70.5 Å². The number of hydrogen-bond donors (Lipinski definition) is 2. The fourth-order valence-corrected chi connectivity index (χ4v) is 3.05. The van der Waals surface area contributed by atoms with E-state index in [1.54, 1.807) is 43.8 Å². The number of benzene rings is 2. The first-order valence-electron chi connectivity index (χ1n) is 9.89. The molecule has 2 amide bonds. The molecule has 0 fully saturated rings. The molecule has 0 aliphatic rings. The molecule has 8 nitrogen and oxygen atoms in total. The van der Waals surface area contributed by atoms with Crippen LogP contribution in [0, 0.1) is 6.92 Å². The number of fused-ring (bicyclic) bond motifs is 1. The van der Waals surface area contributed by atoms with Gasteiger partial charge in [0.2, 0.25) is 0 Å². The summed E-state index contributed by atoms with van der Waals surface area (Å²) in [4.78, 5) is 36.7. The maximum Gasteiger partial charge on any atom is 0.408 e. The number of carbonyl (C=O) groups excluding carboxylic acids is 3. The van der Waals surface area contributed by atoms with Gasteiger partial charge >= 0.3 is 6.09 Å². The zero-order valence-corrected chi connectivity index (χ0v) is 18.2. The van der Waals surface area contributed by atoms with Crippen LogP contribution >= 0.6 is 0 Å². The summed E-state index contributed by atoms with van der Waals surface area (Å²) < 4.78 is 6.92. The van der Waals surface area contributed by atoms with Gasteiger partial charge in [0.05, 0.1) is 17.4 Å². The van der Waals surface area contributed by atoms with Crippen molar-refractivity contribution in [2.45, 2.75) is 46.3 Å². The van der Waals surface area contributed by atoms with Crippen LogP contribution in [0.5, 0.6) is 0 Å². The summed E-state index contributed by atoms with van der Waals surface area (Å²) in [6.07, 6.45) is 0.905. The minimum Gasteiger partial charge on any atom is -0.444 e. The highest BCUT2D eigenvalue weighted by molar-refractivity contribution is 6.12. The van der Waals surface area contributed by atoms with Gasteiger partial charge < -0.3 is 15.4 Å². The smallest absolute Gasteiger partial charge is 0.408 e. The molecule has 3 aromatic rings. The molecule has 0 aliphatic heterocycles. The molecule has 1 atom stereocenters. The third kappa shape index (κ3) is 5.48. The van der Waals surface area contributed by atoms with Gasteiger partial charge in [0, 0.05) is 11.1 Å². The van der Waals surface area contributed by atoms with Crippen LogP contribution in [0.2, 0.25) is 0 Å². The average Bonchev–Trinajstić information content (AvgIpc) is 3.07. The summed E-state index contributed by atoms with van der Waals surface area (Å²) in [5, 5.41) is 10.4. The molecule has 0 aliphatic carbocycles. The summed E-state index contributed by atoms with van der Waals surface area (Å²) in [5.74, 6) is -1.16. The van der Waals surface area contributed by atoms with Crippen LogP contribution < -0.4 is 10.6 Å². The Morgan fingerprint density at radius 1 is 1.10 bits per heavy atom. The van der Waals surface area contributed by atoms with Crippen molar-refractivity contribution in [3.05, 3.63) is 54.2 Å². The Hall–Kier alpha value is -3.68. The number of ketones is 1. The van der Waals surface area contributed by atoms with E-state index in [1.165, 1.54) is 6.92 Å². The minimum atomic E-state index is -1.37. The van der Waals surface area contributed by atoms with Gasteiger partial charge in [-0.2, -0.15) is 5.10 Å². The van der Waals surface area contributed by atoms with Crippen LogP contribution in [0.25, 0.3) is 16.6 Å². The topological polar surface area (TPSA) is 102 Å². The fraction of sp³-hybridized carbons (Fsp3) is 0.304. The highest BCUT2D eigenvalue weighted by Gasteiger charge is 2.28. The Balaban J connectivity index is 1.83. The quantitative estimate of drug-likeness (QED) is 0.610. The first-order valence-corrected chi connectivity index (χ1v) is 9.89. The molecule has 0 saturated carbocycles. The number of carbonyl (C=O) groups is 3. The highest BCUT2D eigenvalue weighted by atomic mass is 16.6. The number of hydrogen-bond acceptors (Lipinski definition) is 5. The number of amides is 2. The predicted molar refractivity (Wildman–Crippen MR) is 118 cm³/mol. The Bertz CT molecular complexity index is 1140. The number of ether oxygens (including phenoxy) is 1. The van der Waals surface area contributed by atoms with Gasteiger partial charge in [-0.3, -0.25) is 9.59 Å². The zero-order chi connectivity index (χ0) is 22.8. The van der Waals surface area contributed by atoms with Crippen LogP contribution in [0.15, 0.2) is 48.7 Å². The monoisotopic (exact) mass is 422 g/mol. The lowest BCUT2D eigenvalue weighted by atomic mass is 10.1. The largest absolute Gasteiger partial charge is 0.444 e. The summed E-state index contributed by atoms with van der Waals surface area (Å²) in [6, 6.07) is 11.8. The molecule has 1 aromatic heterocycles. The number of aryl methyl sites for hydroxylation is 1. The maximum atomic E-state index is 12.7. The average molecular weight is 422 g/mol. The van der Waals surface area contributed by atoms with Crippen LogP contribution in [-0.2, 0) is 14.3 Å². The Labute approximate surface area is 180 Å². The van der Waals surface area contributed by atoms with Crippen LogP contribution in [0.1, 0.15) is 33.3 Å². The molecule has 0 bridgehead atoms. The number of alkyl carbamates (subject to hydrolysis) is 1. The van der Waals surface area contributed by atoms with Crippen molar-refractivity contribution in [2.75, 3.05) is 5.32 Å². The van der Waals surface area contributed by atoms with Gasteiger partial charge in [0.15, 0.2) is 11.8 Å². The summed E-state index contributed by atoms with van der Waals surface area (Å²) in [5.41, 5.74) is 2.52. The Kier molecular flexibility index (Phi) is 6.10. The van der Waals surface area contributed by atoms with Gasteiger partial charge in [-0.25, -0.2) is 9.48 Å². The summed E-state index contributed by atoms with van der Waals surface area (Å²) in [7, 11) is 0. The van der Waals surface area contributed by atoms with Crippen molar-refractivity contribution in [3.63, 3.8) is 0 Å². The second-order valence-corrected chi connectivity index (χ2v) is 8.35. The van der Waals surface area contributed by atoms with Gasteiger partial charge in [-0.15, -0.1) is 0 Å². The van der Waals surface area contributed by atoms with Gasteiger partial charge in [-0.1, -0.05) is 12.1 Å². The van der Waals surface area contributed by atoms with E-state index in [2.05, 4.69) is 15.7 Å². The van der Waals surface area contributed by atoms with Crippen LogP contribution in [-0.4, -0.2) is 39.2 Å². The van der Waals surface area contributed by atoms with Crippen molar-refractivity contribution in [2.24, 2.45) is 0 Å². The number of anilines is 1. The molecule has 31 heavy (non-hydrogen) atoms. The van der Waals surface area contributed by atoms with E-state index >= 15 is 0 Å². The van der Waals surface area contributed by atoms with Gasteiger partial charge in [0.1, 0.15) is 5.60 Å². The molecule has 162 valence electrons. The van der Waals surface area contributed by atoms with Crippen LogP contribution in [0.4, 0.5) is 10.5 Å². The first kappa shape index (κ1) is 22.0. The molecule has 0 radical (unpaired) electrons. The van der Waals surface area contributed by atoms with Crippen molar-refractivity contribution < 1.29 is 19.1 Å². The number of nitrogens with one attached hydrogen (secondary N) is 2. The standard InChI is InChI=1S/C23H26N4O4/c1-14-7-6-8-18(11-14)27-19-12-17(10-9-16(19)13-24-27)25-21(29)20(15(2)28)26-22(30)31-23(3,4)5/h6-13,20H,1-5H3,(H,25,29)(H,26,30). The molecular formula is C23H26N4O4.